The molecule has 5 rings (SSSR count). The van der Waals surface area contributed by atoms with E-state index in [1.807, 2.05) is 32.0 Å². The summed E-state index contributed by atoms with van der Waals surface area (Å²) < 4.78 is 41.0. The molecule has 1 fully saturated rings. The minimum Gasteiger partial charge on any atom is -0.486 e. The van der Waals surface area contributed by atoms with Crippen LogP contribution in [0.1, 0.15) is 42.6 Å². The summed E-state index contributed by atoms with van der Waals surface area (Å²) in [7, 11) is -4.12. The van der Waals surface area contributed by atoms with Gasteiger partial charge in [0, 0.05) is 42.9 Å². The number of hydrogen-bond acceptors (Lipinski definition) is 5. The van der Waals surface area contributed by atoms with E-state index in [0.29, 0.717) is 36.7 Å². The average molecular weight is 610 g/mol. The number of halogens is 3. The molecule has 0 unspecified atom stereocenters. The zero-order chi connectivity index (χ0) is 27.9. The van der Waals surface area contributed by atoms with Crippen molar-refractivity contribution < 1.29 is 22.7 Å². The van der Waals surface area contributed by atoms with E-state index in [4.69, 9.17) is 44.3 Å². The lowest BCUT2D eigenvalue weighted by atomic mass is 10.0. The van der Waals surface area contributed by atoms with E-state index in [1.165, 1.54) is 18.2 Å². The molecule has 206 valence electrons. The van der Waals surface area contributed by atoms with E-state index < -0.39 is 10.0 Å². The summed E-state index contributed by atoms with van der Waals surface area (Å²) in [6.45, 7) is 4.94. The molecule has 3 aromatic carbocycles. The largest absolute Gasteiger partial charge is 0.486 e. The SMILES string of the molecule is CC1(C)Cc2cccc(OC3CCN(C(=O)c4cc(S(=O)(=O)Nc5cccc(Cl)c5)c(Cl)cc4Cl)CC3)c2O1. The van der Waals surface area contributed by atoms with Crippen molar-refractivity contribution in [3.05, 3.63) is 80.8 Å². The van der Waals surface area contributed by atoms with Crippen molar-refractivity contribution in [3.63, 3.8) is 0 Å². The first-order valence-corrected chi connectivity index (χ1v) is 15.1. The molecular formula is C28H27Cl3N2O5S. The monoisotopic (exact) mass is 608 g/mol. The number of piperidine rings is 1. The molecule has 1 amide bonds. The van der Waals surface area contributed by atoms with Gasteiger partial charge in [0.25, 0.3) is 15.9 Å². The molecule has 0 saturated carbocycles. The summed E-state index contributed by atoms with van der Waals surface area (Å²) in [6, 6.07) is 14.7. The minimum atomic E-state index is -4.12. The predicted molar refractivity (Wildman–Crippen MR) is 153 cm³/mol. The number of para-hydroxylation sites is 1. The number of amides is 1. The molecule has 2 heterocycles. The number of likely N-dealkylation sites (tertiary alicyclic amines) is 1. The van der Waals surface area contributed by atoms with Crippen molar-refractivity contribution in [1.29, 1.82) is 0 Å². The number of fused-ring (bicyclic) bond motifs is 1. The highest BCUT2D eigenvalue weighted by Crippen LogP contribution is 2.42. The lowest BCUT2D eigenvalue weighted by Gasteiger charge is -2.33. The average Bonchev–Trinajstić information content (AvgIpc) is 3.18. The second-order valence-electron chi connectivity index (χ2n) is 10.3. The summed E-state index contributed by atoms with van der Waals surface area (Å²) in [5.41, 5.74) is 1.17. The van der Waals surface area contributed by atoms with E-state index >= 15 is 0 Å². The highest BCUT2D eigenvalue weighted by Gasteiger charge is 2.34. The second-order valence-corrected chi connectivity index (χ2v) is 13.2. The predicted octanol–water partition coefficient (Wildman–Crippen LogP) is 6.84. The van der Waals surface area contributed by atoms with Gasteiger partial charge in [-0.25, -0.2) is 8.42 Å². The molecule has 0 radical (unpaired) electrons. The van der Waals surface area contributed by atoms with Crippen molar-refractivity contribution in [1.82, 2.24) is 4.90 Å². The van der Waals surface area contributed by atoms with Crippen LogP contribution in [0.25, 0.3) is 0 Å². The van der Waals surface area contributed by atoms with Gasteiger partial charge in [0.1, 0.15) is 16.6 Å². The number of carbonyl (C=O) groups excluding carboxylic acids is 1. The summed E-state index contributed by atoms with van der Waals surface area (Å²) in [5, 5.41) is 0.345. The molecule has 11 heteroatoms. The van der Waals surface area contributed by atoms with E-state index in [9.17, 15) is 13.2 Å². The summed E-state index contributed by atoms with van der Waals surface area (Å²) in [4.78, 5) is 14.8. The minimum absolute atomic E-state index is 0.0587. The fourth-order valence-electron chi connectivity index (χ4n) is 4.87. The standard InChI is InChI=1S/C28H27Cl3N2O5S/c1-28(2)16-17-5-3-8-24(26(17)38-28)37-20-9-11-33(12-10-20)27(34)21-14-25(23(31)15-22(21)30)39(35,36)32-19-7-4-6-18(29)13-19/h3-8,13-15,20,32H,9-12,16H2,1-2H3. The van der Waals surface area contributed by atoms with Crippen molar-refractivity contribution in [2.45, 2.75) is 49.7 Å². The molecule has 0 aliphatic carbocycles. The molecule has 1 N–H and O–H groups in total. The van der Waals surface area contributed by atoms with Gasteiger partial charge in [-0.05, 0) is 50.2 Å². The zero-order valence-electron chi connectivity index (χ0n) is 21.3. The van der Waals surface area contributed by atoms with Crippen LogP contribution in [-0.4, -0.2) is 44.0 Å². The maximum absolute atomic E-state index is 13.4. The summed E-state index contributed by atoms with van der Waals surface area (Å²) in [6.07, 6.45) is 1.93. The fourth-order valence-corrected chi connectivity index (χ4v) is 6.96. The Morgan fingerprint density at radius 3 is 2.46 bits per heavy atom. The number of nitrogens with zero attached hydrogens (tertiary/aromatic N) is 1. The van der Waals surface area contributed by atoms with Crippen molar-refractivity contribution in [2.24, 2.45) is 0 Å². The number of sulfonamides is 1. The molecule has 7 nitrogen and oxygen atoms in total. The number of anilines is 1. The third-order valence-electron chi connectivity index (χ3n) is 6.70. The molecule has 2 aliphatic heterocycles. The van der Waals surface area contributed by atoms with Crippen LogP contribution in [0, 0.1) is 0 Å². The van der Waals surface area contributed by atoms with Gasteiger partial charge in [0.15, 0.2) is 11.5 Å². The number of benzene rings is 3. The van der Waals surface area contributed by atoms with Crippen molar-refractivity contribution >= 4 is 56.4 Å². The maximum Gasteiger partial charge on any atom is 0.263 e. The van der Waals surface area contributed by atoms with Gasteiger partial charge < -0.3 is 14.4 Å². The molecule has 1 saturated heterocycles. The van der Waals surface area contributed by atoms with E-state index in [2.05, 4.69) is 4.72 Å². The smallest absolute Gasteiger partial charge is 0.263 e. The Bertz CT molecular complexity index is 1540. The maximum atomic E-state index is 13.4. The van der Waals surface area contributed by atoms with Crippen LogP contribution in [0.2, 0.25) is 15.1 Å². The van der Waals surface area contributed by atoms with Crippen molar-refractivity contribution in [3.8, 4) is 11.5 Å². The normalized spacial score (nSPS) is 16.9. The van der Waals surface area contributed by atoms with E-state index in [-0.39, 0.29) is 43.8 Å². The first-order chi connectivity index (χ1) is 18.4. The third kappa shape index (κ3) is 6.09. The molecule has 39 heavy (non-hydrogen) atoms. The molecule has 0 aromatic heterocycles. The van der Waals surface area contributed by atoms with Crippen LogP contribution in [0.3, 0.4) is 0 Å². The first kappa shape index (κ1) is 27.9. The van der Waals surface area contributed by atoms with Crippen molar-refractivity contribution in [2.75, 3.05) is 17.8 Å². The van der Waals surface area contributed by atoms with Gasteiger partial charge in [0.05, 0.1) is 21.3 Å². The van der Waals surface area contributed by atoms with Crippen LogP contribution in [0.5, 0.6) is 11.5 Å². The Hall–Kier alpha value is -2.65. The quantitative estimate of drug-likeness (QED) is 0.331. The second kappa shape index (κ2) is 10.7. The molecule has 0 spiro atoms. The van der Waals surface area contributed by atoms with Gasteiger partial charge in [-0.15, -0.1) is 0 Å². The van der Waals surface area contributed by atoms with Crippen LogP contribution >= 0.6 is 34.8 Å². The van der Waals surface area contributed by atoms with Gasteiger partial charge in [-0.1, -0.05) is 53.0 Å². The molecule has 3 aromatic rings. The Labute approximate surface area is 243 Å². The Balaban J connectivity index is 1.28. The van der Waals surface area contributed by atoms with E-state index in [1.54, 1.807) is 23.1 Å². The Kier molecular flexibility index (Phi) is 7.68. The number of nitrogens with one attached hydrogen (secondary N) is 1. The molecule has 0 atom stereocenters. The Morgan fingerprint density at radius 1 is 1.03 bits per heavy atom. The fraction of sp³-hybridized carbons (Fsp3) is 0.321. The first-order valence-electron chi connectivity index (χ1n) is 12.5. The van der Waals surface area contributed by atoms with Crippen LogP contribution in [0.15, 0.2) is 59.5 Å². The number of rotatable bonds is 6. The third-order valence-corrected chi connectivity index (χ3v) is 9.09. The van der Waals surface area contributed by atoms with Gasteiger partial charge in [-0.3, -0.25) is 9.52 Å². The highest BCUT2D eigenvalue weighted by molar-refractivity contribution is 7.92. The molecular weight excluding hydrogens is 583 g/mol. The van der Waals surface area contributed by atoms with Crippen LogP contribution in [0.4, 0.5) is 5.69 Å². The van der Waals surface area contributed by atoms with E-state index in [0.717, 1.165) is 17.7 Å². The number of hydrogen-bond donors (Lipinski definition) is 1. The van der Waals surface area contributed by atoms with Gasteiger partial charge in [-0.2, -0.15) is 0 Å². The topological polar surface area (TPSA) is 84.9 Å². The number of ether oxygens (including phenoxy) is 2. The van der Waals surface area contributed by atoms with Gasteiger partial charge >= 0.3 is 0 Å². The summed E-state index contributed by atoms with van der Waals surface area (Å²) in [5.74, 6) is 1.12. The van der Waals surface area contributed by atoms with Crippen LogP contribution in [-0.2, 0) is 16.4 Å². The summed E-state index contributed by atoms with van der Waals surface area (Å²) >= 11 is 18.6. The number of carbonyl (C=O) groups is 1. The highest BCUT2D eigenvalue weighted by atomic mass is 35.5. The molecule has 2 aliphatic rings. The van der Waals surface area contributed by atoms with Gasteiger partial charge in [0.2, 0.25) is 0 Å². The molecule has 0 bridgehead atoms. The Morgan fingerprint density at radius 2 is 1.74 bits per heavy atom. The van der Waals surface area contributed by atoms with Crippen LogP contribution < -0.4 is 14.2 Å². The zero-order valence-corrected chi connectivity index (χ0v) is 24.4. The lowest BCUT2D eigenvalue weighted by Crippen LogP contribution is -2.42. The lowest BCUT2D eigenvalue weighted by molar-refractivity contribution is 0.0578.